The summed E-state index contributed by atoms with van der Waals surface area (Å²) in [6.07, 6.45) is 8.59. The van der Waals surface area contributed by atoms with Crippen LogP contribution < -0.4 is 5.32 Å². The molecule has 0 saturated heterocycles. The van der Waals surface area contributed by atoms with Crippen molar-refractivity contribution in [2.24, 2.45) is 5.92 Å². The summed E-state index contributed by atoms with van der Waals surface area (Å²) in [5.41, 5.74) is 2.43. The summed E-state index contributed by atoms with van der Waals surface area (Å²) in [6.45, 7) is 3.15. The number of hydrogen-bond donors (Lipinski definition) is 1. The highest BCUT2D eigenvalue weighted by Gasteiger charge is 2.19. The molecule has 0 bridgehead atoms. The zero-order valence-corrected chi connectivity index (χ0v) is 10.5. The summed E-state index contributed by atoms with van der Waals surface area (Å²) in [5.74, 6) is 0.780. The molecule has 88 valence electrons. The van der Waals surface area contributed by atoms with Gasteiger partial charge in [0.15, 0.2) is 0 Å². The van der Waals surface area contributed by atoms with Gasteiger partial charge in [-0.05, 0) is 50.2 Å². The predicted molar refractivity (Wildman–Crippen MR) is 69.1 cm³/mol. The number of alkyl halides is 1. The number of nitrogens with one attached hydrogen (secondary N) is 1. The number of anilines is 1. The van der Waals surface area contributed by atoms with E-state index in [1.807, 2.05) is 18.5 Å². The monoisotopic (exact) mass is 238 g/mol. The fraction of sp³-hybridized carbons (Fsp3) is 0.615. The van der Waals surface area contributed by atoms with Gasteiger partial charge in [0.05, 0.1) is 0 Å². The normalized spacial score (nSPS) is 25.4. The number of pyridine rings is 1. The van der Waals surface area contributed by atoms with Gasteiger partial charge in [0.1, 0.15) is 0 Å². The van der Waals surface area contributed by atoms with E-state index >= 15 is 0 Å². The van der Waals surface area contributed by atoms with Crippen molar-refractivity contribution in [2.45, 2.75) is 38.0 Å². The summed E-state index contributed by atoms with van der Waals surface area (Å²) in [7, 11) is 0. The summed E-state index contributed by atoms with van der Waals surface area (Å²) in [5, 5.41) is 3.93. The lowest BCUT2D eigenvalue weighted by Crippen LogP contribution is -2.21. The molecule has 2 nitrogen and oxygen atoms in total. The minimum atomic E-state index is 0.416. The maximum atomic E-state index is 6.10. The SMILES string of the molecule is Cc1cnccc1NCC1CCC(Cl)CC1. The van der Waals surface area contributed by atoms with Gasteiger partial charge in [0.2, 0.25) is 0 Å². The first-order chi connectivity index (χ1) is 7.75. The lowest BCUT2D eigenvalue weighted by molar-refractivity contribution is 0.378. The van der Waals surface area contributed by atoms with Crippen molar-refractivity contribution in [3.8, 4) is 0 Å². The van der Waals surface area contributed by atoms with Gasteiger partial charge in [-0.3, -0.25) is 4.98 Å². The van der Waals surface area contributed by atoms with Gasteiger partial charge < -0.3 is 5.32 Å². The third-order valence-corrected chi connectivity index (χ3v) is 3.81. The van der Waals surface area contributed by atoms with Gasteiger partial charge in [-0.1, -0.05) is 0 Å². The largest absolute Gasteiger partial charge is 0.384 e. The first-order valence-electron chi connectivity index (χ1n) is 6.04. The Morgan fingerprint density at radius 3 is 2.81 bits per heavy atom. The molecule has 2 rings (SSSR count). The van der Waals surface area contributed by atoms with Gasteiger partial charge in [-0.15, -0.1) is 11.6 Å². The molecule has 1 aliphatic rings. The molecular formula is C13H19ClN2. The highest BCUT2D eigenvalue weighted by atomic mass is 35.5. The van der Waals surface area contributed by atoms with Crippen LogP contribution in [0.25, 0.3) is 0 Å². The maximum absolute atomic E-state index is 6.10. The van der Waals surface area contributed by atoms with Crippen molar-refractivity contribution >= 4 is 17.3 Å². The van der Waals surface area contributed by atoms with Crippen LogP contribution in [0.15, 0.2) is 18.5 Å². The van der Waals surface area contributed by atoms with E-state index in [0.29, 0.717) is 5.38 Å². The van der Waals surface area contributed by atoms with E-state index in [1.165, 1.54) is 36.9 Å². The van der Waals surface area contributed by atoms with Crippen molar-refractivity contribution in [2.75, 3.05) is 11.9 Å². The molecule has 3 heteroatoms. The van der Waals surface area contributed by atoms with E-state index in [4.69, 9.17) is 11.6 Å². The Labute approximate surface area is 102 Å². The first kappa shape index (κ1) is 11.7. The van der Waals surface area contributed by atoms with Crippen LogP contribution in [0.3, 0.4) is 0 Å². The number of halogens is 1. The van der Waals surface area contributed by atoms with E-state index in [9.17, 15) is 0 Å². The van der Waals surface area contributed by atoms with Crippen LogP contribution in [-0.2, 0) is 0 Å². The smallest absolute Gasteiger partial charge is 0.0400 e. The average molecular weight is 239 g/mol. The third kappa shape index (κ3) is 3.11. The predicted octanol–water partition coefficient (Wildman–Crippen LogP) is 3.60. The molecule has 1 heterocycles. The van der Waals surface area contributed by atoms with Crippen molar-refractivity contribution in [3.63, 3.8) is 0 Å². The Kier molecular flexibility index (Phi) is 4.05. The Bertz CT molecular complexity index is 332. The molecule has 0 unspecified atom stereocenters. The van der Waals surface area contributed by atoms with Gasteiger partial charge in [-0.2, -0.15) is 0 Å². The number of nitrogens with zero attached hydrogens (tertiary/aromatic N) is 1. The molecule has 0 aromatic carbocycles. The molecule has 0 radical (unpaired) electrons. The second kappa shape index (κ2) is 5.53. The molecule has 1 saturated carbocycles. The molecule has 16 heavy (non-hydrogen) atoms. The number of aryl methyl sites for hydroxylation is 1. The van der Waals surface area contributed by atoms with Gasteiger partial charge >= 0.3 is 0 Å². The number of aromatic nitrogens is 1. The molecule has 1 aliphatic carbocycles. The molecule has 1 fully saturated rings. The van der Waals surface area contributed by atoms with E-state index in [0.717, 1.165) is 12.5 Å². The van der Waals surface area contributed by atoms with Crippen molar-refractivity contribution in [1.82, 2.24) is 4.98 Å². The Balaban J connectivity index is 1.81. The topological polar surface area (TPSA) is 24.9 Å². The zero-order chi connectivity index (χ0) is 11.4. The molecule has 0 aliphatic heterocycles. The highest BCUT2D eigenvalue weighted by Crippen LogP contribution is 2.27. The molecule has 0 spiro atoms. The Hall–Kier alpha value is -0.760. The van der Waals surface area contributed by atoms with Crippen LogP contribution >= 0.6 is 11.6 Å². The zero-order valence-electron chi connectivity index (χ0n) is 9.75. The Morgan fingerprint density at radius 2 is 2.12 bits per heavy atom. The molecule has 1 N–H and O–H groups in total. The lowest BCUT2D eigenvalue weighted by atomic mass is 9.89. The van der Waals surface area contributed by atoms with E-state index in [-0.39, 0.29) is 0 Å². The molecule has 1 aromatic heterocycles. The molecule has 0 atom stereocenters. The summed E-state index contributed by atoms with van der Waals surface area (Å²) >= 11 is 6.10. The second-order valence-corrected chi connectivity index (χ2v) is 5.31. The maximum Gasteiger partial charge on any atom is 0.0400 e. The lowest BCUT2D eigenvalue weighted by Gasteiger charge is -2.25. The van der Waals surface area contributed by atoms with Crippen LogP contribution in [0.1, 0.15) is 31.2 Å². The van der Waals surface area contributed by atoms with Crippen LogP contribution in [0.2, 0.25) is 0 Å². The fourth-order valence-corrected chi connectivity index (χ4v) is 2.50. The van der Waals surface area contributed by atoms with E-state index < -0.39 is 0 Å². The van der Waals surface area contributed by atoms with Crippen LogP contribution in [0.5, 0.6) is 0 Å². The Morgan fingerprint density at radius 1 is 1.38 bits per heavy atom. The quantitative estimate of drug-likeness (QED) is 0.814. The average Bonchev–Trinajstić information content (AvgIpc) is 2.30. The molecular weight excluding hydrogens is 220 g/mol. The molecule has 0 amide bonds. The first-order valence-corrected chi connectivity index (χ1v) is 6.48. The van der Waals surface area contributed by atoms with Crippen molar-refractivity contribution in [3.05, 3.63) is 24.0 Å². The van der Waals surface area contributed by atoms with Crippen molar-refractivity contribution < 1.29 is 0 Å². The van der Waals surface area contributed by atoms with Gasteiger partial charge in [-0.25, -0.2) is 0 Å². The highest BCUT2D eigenvalue weighted by molar-refractivity contribution is 6.20. The van der Waals surface area contributed by atoms with E-state index in [2.05, 4.69) is 17.2 Å². The minimum Gasteiger partial charge on any atom is -0.384 e. The minimum absolute atomic E-state index is 0.416. The van der Waals surface area contributed by atoms with Crippen molar-refractivity contribution in [1.29, 1.82) is 0 Å². The fourth-order valence-electron chi connectivity index (χ4n) is 2.25. The second-order valence-electron chi connectivity index (χ2n) is 4.69. The summed E-state index contributed by atoms with van der Waals surface area (Å²) in [6, 6.07) is 2.04. The number of hydrogen-bond acceptors (Lipinski definition) is 2. The summed E-state index contributed by atoms with van der Waals surface area (Å²) in [4.78, 5) is 4.09. The van der Waals surface area contributed by atoms with Gasteiger partial charge in [0.25, 0.3) is 0 Å². The van der Waals surface area contributed by atoms with Crippen LogP contribution in [-0.4, -0.2) is 16.9 Å². The van der Waals surface area contributed by atoms with Crippen LogP contribution in [0.4, 0.5) is 5.69 Å². The third-order valence-electron chi connectivity index (χ3n) is 3.38. The molecule has 1 aromatic rings. The van der Waals surface area contributed by atoms with E-state index in [1.54, 1.807) is 0 Å². The standard InChI is InChI=1S/C13H19ClN2/c1-10-8-15-7-6-13(10)16-9-11-2-4-12(14)5-3-11/h6-8,11-12H,2-5,9H2,1H3,(H,15,16). The number of rotatable bonds is 3. The summed E-state index contributed by atoms with van der Waals surface area (Å²) < 4.78 is 0. The van der Waals surface area contributed by atoms with Crippen LogP contribution in [0, 0.1) is 12.8 Å². The van der Waals surface area contributed by atoms with Gasteiger partial charge in [0, 0.05) is 30.0 Å².